The van der Waals surface area contributed by atoms with Gasteiger partial charge in [0.1, 0.15) is 0 Å². The number of carbonyl (C=O) groups is 2. The van der Waals surface area contributed by atoms with Crippen LogP contribution in [0, 0.1) is 12.8 Å². The van der Waals surface area contributed by atoms with Crippen LogP contribution in [-0.4, -0.2) is 18.4 Å². The zero-order valence-corrected chi connectivity index (χ0v) is 15.1. The molecule has 3 rings (SSSR count). The van der Waals surface area contributed by atoms with Crippen LogP contribution in [0.3, 0.4) is 0 Å². The molecular weight excluding hydrogens is 336 g/mol. The van der Waals surface area contributed by atoms with Crippen molar-refractivity contribution in [3.63, 3.8) is 0 Å². The van der Waals surface area contributed by atoms with Crippen LogP contribution in [0.2, 0.25) is 5.02 Å². The third kappa shape index (κ3) is 3.69. The smallest absolute Gasteiger partial charge is 0.229 e. The molecule has 0 saturated carbocycles. The van der Waals surface area contributed by atoms with Gasteiger partial charge in [0.15, 0.2) is 0 Å². The number of anilines is 2. The Bertz CT molecular complexity index is 819. The Morgan fingerprint density at radius 1 is 1.28 bits per heavy atom. The summed E-state index contributed by atoms with van der Waals surface area (Å²) in [5.74, 6) is -0.523. The molecule has 1 heterocycles. The molecule has 0 aliphatic carbocycles. The molecule has 0 aromatic heterocycles. The van der Waals surface area contributed by atoms with Gasteiger partial charge in [0.05, 0.1) is 5.92 Å². The van der Waals surface area contributed by atoms with Crippen LogP contribution in [0.4, 0.5) is 11.4 Å². The Kier molecular flexibility index (Phi) is 5.09. The van der Waals surface area contributed by atoms with E-state index in [-0.39, 0.29) is 24.2 Å². The van der Waals surface area contributed by atoms with Crippen molar-refractivity contribution < 1.29 is 9.59 Å². The van der Waals surface area contributed by atoms with Gasteiger partial charge in [-0.05, 0) is 42.7 Å². The van der Waals surface area contributed by atoms with Crippen LogP contribution in [0.5, 0.6) is 0 Å². The fraction of sp³-hybridized carbons (Fsp3) is 0.300. The lowest BCUT2D eigenvalue weighted by molar-refractivity contribution is -0.122. The lowest BCUT2D eigenvalue weighted by Crippen LogP contribution is -2.28. The minimum Gasteiger partial charge on any atom is -0.326 e. The molecular formula is C20H21ClN2O2. The standard InChI is InChI=1S/C20H21ClN2O2/c1-3-14-6-4-5-7-18(14)23-12-15(10-19(23)24)20(25)22-16-9-8-13(2)17(21)11-16/h4-9,11,15H,3,10,12H2,1-2H3,(H,22,25). The van der Waals surface area contributed by atoms with Crippen molar-refractivity contribution in [2.45, 2.75) is 26.7 Å². The largest absolute Gasteiger partial charge is 0.326 e. The first-order valence-electron chi connectivity index (χ1n) is 8.45. The second-order valence-electron chi connectivity index (χ2n) is 6.34. The molecule has 25 heavy (non-hydrogen) atoms. The summed E-state index contributed by atoms with van der Waals surface area (Å²) in [5.41, 5.74) is 3.63. The van der Waals surface area contributed by atoms with Gasteiger partial charge in [0.2, 0.25) is 11.8 Å². The van der Waals surface area contributed by atoms with Crippen LogP contribution < -0.4 is 10.2 Å². The molecule has 0 spiro atoms. The number of aryl methyl sites for hydroxylation is 2. The van der Waals surface area contributed by atoms with Crippen LogP contribution in [-0.2, 0) is 16.0 Å². The quantitative estimate of drug-likeness (QED) is 0.892. The predicted molar refractivity (Wildman–Crippen MR) is 101 cm³/mol. The Morgan fingerprint density at radius 3 is 2.76 bits per heavy atom. The number of nitrogens with zero attached hydrogens (tertiary/aromatic N) is 1. The molecule has 2 aromatic carbocycles. The third-order valence-corrected chi connectivity index (χ3v) is 5.01. The summed E-state index contributed by atoms with van der Waals surface area (Å²) >= 11 is 6.10. The molecule has 5 heteroatoms. The highest BCUT2D eigenvalue weighted by atomic mass is 35.5. The molecule has 0 bridgehead atoms. The predicted octanol–water partition coefficient (Wildman–Crippen LogP) is 4.20. The van der Waals surface area contributed by atoms with Crippen LogP contribution in [0.25, 0.3) is 0 Å². The SMILES string of the molecule is CCc1ccccc1N1CC(C(=O)Nc2ccc(C)c(Cl)c2)CC1=O. The Balaban J connectivity index is 1.73. The fourth-order valence-electron chi connectivity index (χ4n) is 3.10. The van der Waals surface area contributed by atoms with Crippen molar-refractivity contribution in [3.05, 3.63) is 58.6 Å². The van der Waals surface area contributed by atoms with E-state index >= 15 is 0 Å². The molecule has 1 fully saturated rings. The van der Waals surface area contributed by atoms with Crippen molar-refractivity contribution in [1.82, 2.24) is 0 Å². The maximum Gasteiger partial charge on any atom is 0.229 e. The van der Waals surface area contributed by atoms with Crippen LogP contribution in [0.1, 0.15) is 24.5 Å². The first kappa shape index (κ1) is 17.5. The second-order valence-corrected chi connectivity index (χ2v) is 6.75. The van der Waals surface area contributed by atoms with Crippen molar-refractivity contribution in [3.8, 4) is 0 Å². The van der Waals surface area contributed by atoms with Crippen molar-refractivity contribution in [1.29, 1.82) is 0 Å². The Labute approximate surface area is 152 Å². The summed E-state index contributed by atoms with van der Waals surface area (Å²) in [7, 11) is 0. The summed E-state index contributed by atoms with van der Waals surface area (Å²) < 4.78 is 0. The lowest BCUT2D eigenvalue weighted by Gasteiger charge is -2.20. The highest BCUT2D eigenvalue weighted by molar-refractivity contribution is 6.31. The molecule has 1 aliphatic rings. The van der Waals surface area contributed by atoms with Gasteiger partial charge in [0, 0.05) is 29.4 Å². The lowest BCUT2D eigenvalue weighted by atomic mass is 10.1. The van der Waals surface area contributed by atoms with E-state index in [9.17, 15) is 9.59 Å². The van der Waals surface area contributed by atoms with E-state index < -0.39 is 0 Å². The minimum atomic E-state index is -0.363. The van der Waals surface area contributed by atoms with Crippen molar-refractivity contribution in [2.24, 2.45) is 5.92 Å². The van der Waals surface area contributed by atoms with Crippen molar-refractivity contribution in [2.75, 3.05) is 16.8 Å². The molecule has 1 N–H and O–H groups in total. The molecule has 2 amide bonds. The van der Waals surface area contributed by atoms with Gasteiger partial charge in [-0.25, -0.2) is 0 Å². The summed E-state index contributed by atoms with van der Waals surface area (Å²) in [5, 5.41) is 3.48. The minimum absolute atomic E-state index is 0.0111. The maximum atomic E-state index is 12.6. The first-order chi connectivity index (χ1) is 12.0. The van der Waals surface area contributed by atoms with E-state index in [0.717, 1.165) is 23.2 Å². The van der Waals surface area contributed by atoms with Crippen molar-refractivity contribution >= 4 is 34.8 Å². The summed E-state index contributed by atoms with van der Waals surface area (Å²) in [6.07, 6.45) is 1.07. The number of carbonyl (C=O) groups excluding carboxylic acids is 2. The first-order valence-corrected chi connectivity index (χ1v) is 8.82. The number of amides is 2. The van der Waals surface area contributed by atoms with Gasteiger partial charge >= 0.3 is 0 Å². The fourth-order valence-corrected chi connectivity index (χ4v) is 3.28. The highest BCUT2D eigenvalue weighted by Gasteiger charge is 2.35. The van der Waals surface area contributed by atoms with Gasteiger partial charge in [-0.3, -0.25) is 9.59 Å². The zero-order chi connectivity index (χ0) is 18.0. The average Bonchev–Trinajstić information content (AvgIpc) is 3.00. The van der Waals surface area contributed by atoms with E-state index in [1.165, 1.54) is 0 Å². The van der Waals surface area contributed by atoms with E-state index in [4.69, 9.17) is 11.6 Å². The summed E-state index contributed by atoms with van der Waals surface area (Å²) in [4.78, 5) is 26.7. The number of rotatable bonds is 4. The van der Waals surface area contributed by atoms with Crippen LogP contribution >= 0.6 is 11.6 Å². The normalized spacial score (nSPS) is 17.0. The molecule has 1 aliphatic heterocycles. The summed E-state index contributed by atoms with van der Waals surface area (Å²) in [6, 6.07) is 13.3. The number of halogens is 1. The molecule has 130 valence electrons. The monoisotopic (exact) mass is 356 g/mol. The van der Waals surface area contributed by atoms with E-state index in [1.807, 2.05) is 43.3 Å². The van der Waals surface area contributed by atoms with Gasteiger partial charge in [-0.2, -0.15) is 0 Å². The third-order valence-electron chi connectivity index (χ3n) is 4.60. The molecule has 1 saturated heterocycles. The molecule has 4 nitrogen and oxygen atoms in total. The number of hydrogen-bond acceptors (Lipinski definition) is 2. The van der Waals surface area contributed by atoms with E-state index in [1.54, 1.807) is 11.0 Å². The Morgan fingerprint density at radius 2 is 2.04 bits per heavy atom. The van der Waals surface area contributed by atoms with Gasteiger partial charge in [-0.1, -0.05) is 42.8 Å². The average molecular weight is 357 g/mol. The summed E-state index contributed by atoms with van der Waals surface area (Å²) in [6.45, 7) is 4.37. The Hall–Kier alpha value is -2.33. The number of nitrogens with one attached hydrogen (secondary N) is 1. The van der Waals surface area contributed by atoms with Gasteiger partial charge in [0.25, 0.3) is 0 Å². The second kappa shape index (κ2) is 7.28. The number of para-hydroxylation sites is 1. The molecule has 0 radical (unpaired) electrons. The molecule has 2 aromatic rings. The van der Waals surface area contributed by atoms with E-state index in [0.29, 0.717) is 17.3 Å². The highest BCUT2D eigenvalue weighted by Crippen LogP contribution is 2.29. The van der Waals surface area contributed by atoms with Gasteiger partial charge in [-0.15, -0.1) is 0 Å². The van der Waals surface area contributed by atoms with Crippen LogP contribution in [0.15, 0.2) is 42.5 Å². The molecule has 1 unspecified atom stereocenters. The number of hydrogen-bond donors (Lipinski definition) is 1. The van der Waals surface area contributed by atoms with E-state index in [2.05, 4.69) is 12.2 Å². The molecule has 1 atom stereocenters. The number of benzene rings is 2. The van der Waals surface area contributed by atoms with Gasteiger partial charge < -0.3 is 10.2 Å². The maximum absolute atomic E-state index is 12.6. The zero-order valence-electron chi connectivity index (χ0n) is 14.4. The topological polar surface area (TPSA) is 49.4 Å².